The predicted molar refractivity (Wildman–Crippen MR) is 94.1 cm³/mol. The number of nitrogen functional groups attached to an aromatic ring is 1. The van der Waals surface area contributed by atoms with E-state index in [4.69, 9.17) is 5.73 Å². The first-order chi connectivity index (χ1) is 13.9. The number of rotatable bonds is 10. The van der Waals surface area contributed by atoms with Gasteiger partial charge in [0.2, 0.25) is 5.91 Å². The van der Waals surface area contributed by atoms with Gasteiger partial charge in [-0.3, -0.25) is 14.4 Å². The number of aromatic nitrogens is 1. The quantitative estimate of drug-likeness (QED) is 0.0777. The number of carbonyl (C=O) groups is 4. The van der Waals surface area contributed by atoms with Gasteiger partial charge in [-0.2, -0.15) is 0 Å². The Morgan fingerprint density at radius 3 is 2.44 bits per heavy atom. The molecule has 164 valence electrons. The molecular weight excluding hydrogens is 494 g/mol. The molecule has 1 fully saturated rings. The summed E-state index contributed by atoms with van der Waals surface area (Å²) in [5.74, 6) is -5.77. The smallest absolute Gasteiger partial charge is 0.731 e. The summed E-state index contributed by atoms with van der Waals surface area (Å²) in [6.07, 6.45) is -0.651. The van der Waals surface area contributed by atoms with Gasteiger partial charge in [0.15, 0.2) is 33.5 Å². The molecule has 18 heteroatoms. The molecule has 1 aromatic heterocycles. The number of Topliss-reactive ketones (excluding diaryl/α,β-unsaturated/α-hetero) is 1. The minimum absolute atomic E-state index is 0. The van der Waals surface area contributed by atoms with Crippen LogP contribution in [0.15, 0.2) is 10.5 Å². The number of carboxylic acid groups (broad SMARTS) is 1. The third kappa shape index (κ3) is 8.03. The molecule has 0 radical (unpaired) electrons. The normalized spacial score (nSPS) is 18.0. The molecule has 0 aliphatic carbocycles. The van der Waals surface area contributed by atoms with E-state index in [1.54, 1.807) is 0 Å². The summed E-state index contributed by atoms with van der Waals surface area (Å²) >= 11 is 0.941. The maximum Gasteiger partial charge on any atom is 1.00 e. The Labute approximate surface area is 230 Å². The average molecular weight is 508 g/mol. The maximum atomic E-state index is 12.7. The first-order valence-corrected chi connectivity index (χ1v) is 10.2. The minimum Gasteiger partial charge on any atom is -0.731 e. The van der Waals surface area contributed by atoms with Crippen molar-refractivity contribution in [3.05, 3.63) is 11.1 Å². The summed E-state index contributed by atoms with van der Waals surface area (Å²) in [6, 6.07) is -1.39. The van der Waals surface area contributed by atoms with Crippen LogP contribution >= 0.6 is 11.3 Å². The van der Waals surface area contributed by atoms with Crippen LogP contribution in [-0.4, -0.2) is 70.9 Å². The van der Waals surface area contributed by atoms with Crippen molar-refractivity contribution in [1.29, 1.82) is 0 Å². The second kappa shape index (κ2) is 13.0. The Balaban J connectivity index is 0.00000480. The number of esters is 1. The van der Waals surface area contributed by atoms with Crippen LogP contribution in [0.3, 0.4) is 0 Å². The number of oxime groups is 1. The third-order valence-corrected chi connectivity index (χ3v) is 5.38. The van der Waals surface area contributed by atoms with Crippen LogP contribution < -0.4 is 70.0 Å². The maximum absolute atomic E-state index is 12.7. The molecule has 1 saturated heterocycles. The summed E-state index contributed by atoms with van der Waals surface area (Å²) in [5.41, 5.74) is 4.94. The van der Waals surface area contributed by atoms with Gasteiger partial charge in [0, 0.05) is 18.7 Å². The van der Waals surface area contributed by atoms with E-state index in [9.17, 15) is 37.3 Å². The van der Waals surface area contributed by atoms with Gasteiger partial charge < -0.3 is 29.8 Å². The zero-order chi connectivity index (χ0) is 22.6. The molecule has 2 rings (SSSR count). The summed E-state index contributed by atoms with van der Waals surface area (Å²) in [5, 5.41) is 15.2. The van der Waals surface area contributed by atoms with Gasteiger partial charge in [-0.1, -0.05) is 5.16 Å². The molecule has 14 nitrogen and oxygen atoms in total. The van der Waals surface area contributed by atoms with Crippen LogP contribution in [0.5, 0.6) is 0 Å². The Hall–Kier alpha value is -1.11. The number of hydrogen-bond acceptors (Lipinski definition) is 14. The van der Waals surface area contributed by atoms with E-state index in [0.29, 0.717) is 0 Å². The standard InChI is InChI=1S/C14H16N4O10S2.2Na/c1-6(19)27-3-9-7(13(23)18(9)30(24,25)26)2-10(20)12(17-28-4-11(21)22)8-5-29-14(15)16-8;;/h5,7,9H,2-4H2,1H3,(H2,15,16)(H,21,22)(H,24,25,26);;/q;2*+1/p-2/b17-12-;;/t7-,9+;;/m0../s1. The molecule has 0 spiro atoms. The second-order valence-corrected chi connectivity index (χ2v) is 7.99. The number of carboxylic acids is 1. The summed E-state index contributed by atoms with van der Waals surface area (Å²) in [7, 11) is -5.20. The number of thiazole rings is 1. The van der Waals surface area contributed by atoms with Gasteiger partial charge in [-0.15, -0.1) is 11.3 Å². The number of ketones is 1. The van der Waals surface area contributed by atoms with Gasteiger partial charge in [0.05, 0.1) is 17.9 Å². The predicted octanol–water partition coefficient (Wildman–Crippen LogP) is -8.99. The fourth-order valence-corrected chi connectivity index (χ4v) is 3.98. The molecule has 0 aromatic carbocycles. The van der Waals surface area contributed by atoms with E-state index >= 15 is 0 Å². The van der Waals surface area contributed by atoms with Crippen LogP contribution in [-0.2, 0) is 39.1 Å². The van der Waals surface area contributed by atoms with Crippen molar-refractivity contribution < 1.29 is 106 Å². The molecule has 1 aliphatic rings. The van der Waals surface area contributed by atoms with Gasteiger partial charge >= 0.3 is 65.1 Å². The zero-order valence-electron chi connectivity index (χ0n) is 17.2. The van der Waals surface area contributed by atoms with Crippen molar-refractivity contribution >= 4 is 56.1 Å². The van der Waals surface area contributed by atoms with Gasteiger partial charge in [0.1, 0.15) is 12.3 Å². The molecule has 1 aliphatic heterocycles. The van der Waals surface area contributed by atoms with E-state index in [1.807, 2.05) is 0 Å². The number of hydrogen-bond donors (Lipinski definition) is 1. The number of ether oxygens (including phenoxy) is 1. The average Bonchev–Trinajstić information content (AvgIpc) is 3.04. The van der Waals surface area contributed by atoms with E-state index in [1.165, 1.54) is 5.38 Å². The fourth-order valence-electron chi connectivity index (χ4n) is 2.54. The van der Waals surface area contributed by atoms with Crippen molar-refractivity contribution in [2.24, 2.45) is 11.1 Å². The Bertz CT molecular complexity index is 1010. The molecule has 32 heavy (non-hydrogen) atoms. The zero-order valence-corrected chi connectivity index (χ0v) is 22.8. The molecule has 0 bridgehead atoms. The Morgan fingerprint density at radius 2 is 1.97 bits per heavy atom. The molecular formula is C14H14N4Na2O10S2. The molecule has 0 unspecified atom stereocenters. The number of aliphatic carboxylic acids is 1. The van der Waals surface area contributed by atoms with Crippen molar-refractivity contribution in [3.63, 3.8) is 0 Å². The van der Waals surface area contributed by atoms with Crippen LogP contribution in [0.4, 0.5) is 5.13 Å². The number of β-lactam (4-membered cyclic amide) rings is 1. The fraction of sp³-hybridized carbons (Fsp3) is 0.429. The molecule has 2 heterocycles. The van der Waals surface area contributed by atoms with Gasteiger partial charge in [0.25, 0.3) is 0 Å². The second-order valence-electron chi connectivity index (χ2n) is 5.85. The number of carbonyl (C=O) groups excluding carboxylic acids is 4. The molecule has 2 N–H and O–H groups in total. The van der Waals surface area contributed by atoms with Crippen molar-refractivity contribution in [2.45, 2.75) is 19.4 Å². The molecule has 1 aromatic rings. The molecule has 2 atom stereocenters. The van der Waals surface area contributed by atoms with Crippen LogP contribution in [0.25, 0.3) is 0 Å². The largest absolute Gasteiger partial charge is 1.00 e. The van der Waals surface area contributed by atoms with Crippen molar-refractivity contribution in [2.75, 3.05) is 18.9 Å². The SMILES string of the molecule is CC(=O)OC[C@@H]1[C@H](CC(=O)/C(=N\OCC(=O)[O-])c2csc(N)n2)C(=O)N1S(=O)(=O)[O-].[Na+].[Na+]. The van der Waals surface area contributed by atoms with E-state index in [2.05, 4.69) is 19.7 Å². The van der Waals surface area contributed by atoms with Crippen LogP contribution in [0.1, 0.15) is 19.0 Å². The number of amides is 1. The van der Waals surface area contributed by atoms with E-state index in [-0.39, 0.29) is 74.2 Å². The van der Waals surface area contributed by atoms with Crippen molar-refractivity contribution in [3.8, 4) is 0 Å². The van der Waals surface area contributed by atoms with E-state index < -0.39 is 71.2 Å². The number of nitrogens with two attached hydrogens (primary N) is 1. The van der Waals surface area contributed by atoms with Gasteiger partial charge in [-0.05, 0) is 0 Å². The topological polar surface area (TPSA) is 222 Å². The van der Waals surface area contributed by atoms with E-state index in [0.717, 1.165) is 18.3 Å². The summed E-state index contributed by atoms with van der Waals surface area (Å²) in [6.45, 7) is -0.573. The summed E-state index contributed by atoms with van der Waals surface area (Å²) in [4.78, 5) is 54.6. The Morgan fingerprint density at radius 1 is 1.34 bits per heavy atom. The molecule has 0 saturated carbocycles. The first kappa shape index (κ1) is 30.9. The first-order valence-electron chi connectivity index (χ1n) is 7.98. The van der Waals surface area contributed by atoms with Crippen LogP contribution in [0.2, 0.25) is 0 Å². The number of nitrogens with zero attached hydrogens (tertiary/aromatic N) is 3. The van der Waals surface area contributed by atoms with Crippen LogP contribution in [0, 0.1) is 5.92 Å². The van der Waals surface area contributed by atoms with Crippen molar-refractivity contribution in [1.82, 2.24) is 9.29 Å². The monoisotopic (exact) mass is 508 g/mol. The third-order valence-electron chi connectivity index (χ3n) is 3.77. The Kier molecular flexibility index (Phi) is 12.5. The van der Waals surface area contributed by atoms with Gasteiger partial charge in [-0.25, -0.2) is 17.7 Å². The molecule has 1 amide bonds. The summed E-state index contributed by atoms with van der Waals surface area (Å²) < 4.78 is 38.5. The number of anilines is 1. The minimum atomic E-state index is -5.20.